The van der Waals surface area contributed by atoms with Gasteiger partial charge in [0.25, 0.3) is 5.91 Å². The van der Waals surface area contributed by atoms with Crippen molar-refractivity contribution in [2.45, 2.75) is 6.42 Å². The zero-order chi connectivity index (χ0) is 22.3. The molecule has 6 heteroatoms. The Balaban J connectivity index is 1.39. The van der Waals surface area contributed by atoms with Gasteiger partial charge in [0, 0.05) is 31.9 Å². The van der Waals surface area contributed by atoms with Crippen molar-refractivity contribution in [3.05, 3.63) is 90.0 Å². The van der Waals surface area contributed by atoms with Gasteiger partial charge in [0.1, 0.15) is 5.75 Å². The van der Waals surface area contributed by atoms with E-state index in [9.17, 15) is 9.59 Å². The molecule has 6 nitrogen and oxygen atoms in total. The lowest BCUT2D eigenvalue weighted by Gasteiger charge is -2.36. The average molecular weight is 430 g/mol. The van der Waals surface area contributed by atoms with E-state index in [0.717, 1.165) is 24.4 Å². The second-order valence-corrected chi connectivity index (χ2v) is 7.73. The molecule has 0 saturated carbocycles. The van der Waals surface area contributed by atoms with Crippen molar-refractivity contribution in [2.75, 3.05) is 43.5 Å². The number of para-hydroxylation sites is 2. The number of amides is 2. The van der Waals surface area contributed by atoms with Gasteiger partial charge in [0.05, 0.1) is 24.8 Å². The van der Waals surface area contributed by atoms with E-state index >= 15 is 0 Å². The van der Waals surface area contributed by atoms with Crippen molar-refractivity contribution < 1.29 is 14.3 Å². The summed E-state index contributed by atoms with van der Waals surface area (Å²) in [7, 11) is 1.61. The van der Waals surface area contributed by atoms with E-state index in [1.54, 1.807) is 19.2 Å². The maximum atomic E-state index is 13.2. The van der Waals surface area contributed by atoms with Crippen LogP contribution in [0.1, 0.15) is 15.9 Å². The van der Waals surface area contributed by atoms with Gasteiger partial charge in [0.2, 0.25) is 5.91 Å². The van der Waals surface area contributed by atoms with Crippen LogP contribution in [-0.4, -0.2) is 50.0 Å². The SMILES string of the molecule is COc1ccc(CC(=O)Nc2ccccc2C(=O)N2CCN(c3ccccc3)CC2)cc1. The normalized spacial score (nSPS) is 13.5. The molecule has 1 aliphatic heterocycles. The highest BCUT2D eigenvalue weighted by Gasteiger charge is 2.24. The van der Waals surface area contributed by atoms with Crippen molar-refractivity contribution in [3.8, 4) is 5.75 Å². The summed E-state index contributed by atoms with van der Waals surface area (Å²) in [6.45, 7) is 2.84. The molecule has 1 saturated heterocycles. The van der Waals surface area contributed by atoms with Crippen LogP contribution in [0.5, 0.6) is 5.75 Å². The van der Waals surface area contributed by atoms with Crippen LogP contribution in [0.3, 0.4) is 0 Å². The minimum absolute atomic E-state index is 0.0574. The number of carbonyl (C=O) groups excluding carboxylic acids is 2. The molecule has 0 atom stereocenters. The Kier molecular flexibility index (Phi) is 6.70. The van der Waals surface area contributed by atoms with Crippen LogP contribution >= 0.6 is 0 Å². The van der Waals surface area contributed by atoms with Gasteiger partial charge in [-0.1, -0.05) is 42.5 Å². The Morgan fingerprint density at radius 2 is 1.50 bits per heavy atom. The number of nitrogens with one attached hydrogen (secondary N) is 1. The van der Waals surface area contributed by atoms with Gasteiger partial charge < -0.3 is 19.9 Å². The lowest BCUT2D eigenvalue weighted by molar-refractivity contribution is -0.115. The zero-order valence-electron chi connectivity index (χ0n) is 18.2. The van der Waals surface area contributed by atoms with Crippen molar-refractivity contribution in [1.29, 1.82) is 0 Å². The summed E-state index contributed by atoms with van der Waals surface area (Å²) < 4.78 is 5.16. The molecule has 1 N–H and O–H groups in total. The van der Waals surface area contributed by atoms with Gasteiger partial charge in [-0.05, 0) is 42.0 Å². The maximum Gasteiger partial charge on any atom is 0.256 e. The lowest BCUT2D eigenvalue weighted by Crippen LogP contribution is -2.48. The number of carbonyl (C=O) groups is 2. The summed E-state index contributed by atoms with van der Waals surface area (Å²) >= 11 is 0. The summed E-state index contributed by atoms with van der Waals surface area (Å²) in [5.74, 6) is 0.528. The molecule has 1 heterocycles. The number of anilines is 2. The number of nitrogens with zero attached hydrogens (tertiary/aromatic N) is 2. The number of hydrogen-bond donors (Lipinski definition) is 1. The Hall–Kier alpha value is -3.80. The first-order valence-electron chi connectivity index (χ1n) is 10.7. The Morgan fingerprint density at radius 3 is 2.19 bits per heavy atom. The Morgan fingerprint density at radius 1 is 0.844 bits per heavy atom. The highest BCUT2D eigenvalue weighted by atomic mass is 16.5. The fraction of sp³-hybridized carbons (Fsp3) is 0.231. The number of hydrogen-bond acceptors (Lipinski definition) is 4. The fourth-order valence-corrected chi connectivity index (χ4v) is 3.88. The number of benzene rings is 3. The number of rotatable bonds is 6. The third-order valence-electron chi connectivity index (χ3n) is 5.64. The largest absolute Gasteiger partial charge is 0.497 e. The molecule has 2 amide bonds. The molecule has 164 valence electrons. The smallest absolute Gasteiger partial charge is 0.256 e. The minimum Gasteiger partial charge on any atom is -0.497 e. The second-order valence-electron chi connectivity index (χ2n) is 7.73. The third kappa shape index (κ3) is 5.09. The first-order valence-corrected chi connectivity index (χ1v) is 10.7. The molecule has 0 aliphatic carbocycles. The first-order chi connectivity index (χ1) is 15.6. The molecule has 1 aliphatic rings. The predicted molar refractivity (Wildman–Crippen MR) is 126 cm³/mol. The summed E-state index contributed by atoms with van der Waals surface area (Å²) in [5.41, 5.74) is 3.11. The molecule has 0 radical (unpaired) electrons. The molecule has 0 spiro atoms. The summed E-state index contributed by atoms with van der Waals surface area (Å²) in [6, 6.07) is 24.8. The molecule has 0 aromatic heterocycles. The van der Waals surface area contributed by atoms with Crippen molar-refractivity contribution >= 4 is 23.2 Å². The van der Waals surface area contributed by atoms with E-state index in [4.69, 9.17) is 4.74 Å². The molecular formula is C26H27N3O3. The molecule has 3 aromatic rings. The van der Waals surface area contributed by atoms with E-state index < -0.39 is 0 Å². The van der Waals surface area contributed by atoms with Crippen molar-refractivity contribution in [3.63, 3.8) is 0 Å². The molecule has 0 unspecified atom stereocenters. The van der Waals surface area contributed by atoms with Gasteiger partial charge in [0.15, 0.2) is 0 Å². The third-order valence-corrected chi connectivity index (χ3v) is 5.64. The molecule has 3 aromatic carbocycles. The summed E-state index contributed by atoms with van der Waals surface area (Å²) in [6.07, 6.45) is 0.224. The molecule has 32 heavy (non-hydrogen) atoms. The van der Waals surface area contributed by atoms with Crippen LogP contribution in [0.25, 0.3) is 0 Å². The van der Waals surface area contributed by atoms with Crippen molar-refractivity contribution in [1.82, 2.24) is 4.90 Å². The molecular weight excluding hydrogens is 402 g/mol. The monoisotopic (exact) mass is 429 g/mol. The maximum absolute atomic E-state index is 13.2. The first kappa shape index (κ1) is 21.4. The van der Waals surface area contributed by atoms with Crippen molar-refractivity contribution in [2.24, 2.45) is 0 Å². The van der Waals surface area contributed by atoms with Crippen LogP contribution in [0.4, 0.5) is 11.4 Å². The Labute approximate surface area is 188 Å². The fourth-order valence-electron chi connectivity index (χ4n) is 3.88. The van der Waals surface area contributed by atoms with Gasteiger partial charge in [-0.3, -0.25) is 9.59 Å². The van der Waals surface area contributed by atoms with Crippen LogP contribution in [0.15, 0.2) is 78.9 Å². The van der Waals surface area contributed by atoms with Gasteiger partial charge in [-0.2, -0.15) is 0 Å². The number of ether oxygens (including phenoxy) is 1. The highest BCUT2D eigenvalue weighted by molar-refractivity contribution is 6.04. The number of piperazine rings is 1. The lowest BCUT2D eigenvalue weighted by atomic mass is 10.1. The summed E-state index contributed by atoms with van der Waals surface area (Å²) in [5, 5.41) is 2.91. The van der Waals surface area contributed by atoms with E-state index in [2.05, 4.69) is 22.3 Å². The van der Waals surface area contributed by atoms with E-state index in [1.807, 2.05) is 59.5 Å². The van der Waals surface area contributed by atoms with Crippen LogP contribution in [-0.2, 0) is 11.2 Å². The van der Waals surface area contributed by atoms with Crippen LogP contribution in [0.2, 0.25) is 0 Å². The predicted octanol–water partition coefficient (Wildman–Crippen LogP) is 3.84. The molecule has 1 fully saturated rings. The molecule has 4 rings (SSSR count). The second kappa shape index (κ2) is 10.0. The Bertz CT molecular complexity index is 1060. The quantitative estimate of drug-likeness (QED) is 0.647. The minimum atomic E-state index is -0.163. The zero-order valence-corrected chi connectivity index (χ0v) is 18.2. The highest BCUT2D eigenvalue weighted by Crippen LogP contribution is 2.21. The van der Waals surface area contributed by atoms with Gasteiger partial charge in [-0.25, -0.2) is 0 Å². The number of methoxy groups -OCH3 is 1. The summed E-state index contributed by atoms with van der Waals surface area (Å²) in [4.78, 5) is 30.0. The van der Waals surface area contributed by atoms with E-state index in [1.165, 1.54) is 5.69 Å². The van der Waals surface area contributed by atoms with Gasteiger partial charge in [-0.15, -0.1) is 0 Å². The topological polar surface area (TPSA) is 61.9 Å². The average Bonchev–Trinajstić information content (AvgIpc) is 2.85. The van der Waals surface area contributed by atoms with E-state index in [-0.39, 0.29) is 18.2 Å². The van der Waals surface area contributed by atoms with E-state index in [0.29, 0.717) is 24.3 Å². The standard InChI is InChI=1S/C26H27N3O3/c1-32-22-13-11-20(12-14-22)19-25(30)27-24-10-6-5-9-23(24)26(31)29-17-15-28(16-18-29)21-7-3-2-4-8-21/h2-14H,15-19H2,1H3,(H,27,30). The van der Waals surface area contributed by atoms with Gasteiger partial charge >= 0.3 is 0 Å². The van der Waals surface area contributed by atoms with Crippen LogP contribution < -0.4 is 15.0 Å². The van der Waals surface area contributed by atoms with Crippen LogP contribution in [0, 0.1) is 0 Å². The molecule has 0 bridgehead atoms.